The zero-order chi connectivity index (χ0) is 13.8. The Balaban J connectivity index is 1.94. The summed E-state index contributed by atoms with van der Waals surface area (Å²) in [6.45, 7) is 4.49. The van der Waals surface area contributed by atoms with Crippen LogP contribution in [0.4, 0.5) is 0 Å². The van der Waals surface area contributed by atoms with Crippen LogP contribution in [0.3, 0.4) is 0 Å². The van der Waals surface area contributed by atoms with Crippen molar-refractivity contribution < 1.29 is 15.3 Å². The quantitative estimate of drug-likeness (QED) is 0.681. The summed E-state index contributed by atoms with van der Waals surface area (Å²) in [4.78, 5) is 0. The van der Waals surface area contributed by atoms with Crippen molar-refractivity contribution in [2.45, 2.75) is 64.6 Å². The zero-order valence-corrected chi connectivity index (χ0v) is 12.2. The van der Waals surface area contributed by atoms with Crippen molar-refractivity contribution in [3.8, 4) is 0 Å². The average Bonchev–Trinajstić information content (AvgIpc) is 2.76. The van der Waals surface area contributed by atoms with E-state index in [1.54, 1.807) is 0 Å². The lowest BCUT2D eigenvalue weighted by molar-refractivity contribution is -0.168. The molecule has 0 amide bonds. The molecule has 7 atom stereocenters. The van der Waals surface area contributed by atoms with E-state index in [0.717, 1.165) is 38.5 Å². The van der Waals surface area contributed by atoms with Gasteiger partial charge in [-0.1, -0.05) is 13.8 Å². The van der Waals surface area contributed by atoms with E-state index in [9.17, 15) is 15.3 Å². The van der Waals surface area contributed by atoms with Crippen molar-refractivity contribution >= 4 is 0 Å². The fourth-order valence-corrected chi connectivity index (χ4v) is 5.86. The highest BCUT2D eigenvalue weighted by Gasteiger charge is 2.60. The first kappa shape index (κ1) is 13.8. The maximum Gasteiger partial charge on any atom is 0.0618 e. The van der Waals surface area contributed by atoms with Gasteiger partial charge in [-0.15, -0.1) is 0 Å². The van der Waals surface area contributed by atoms with Crippen LogP contribution in [0.5, 0.6) is 0 Å². The molecule has 2 unspecified atom stereocenters. The third-order valence-electron chi connectivity index (χ3n) is 6.99. The Hall–Kier alpha value is -0.120. The van der Waals surface area contributed by atoms with Gasteiger partial charge in [0.25, 0.3) is 0 Å². The summed E-state index contributed by atoms with van der Waals surface area (Å²) in [5.74, 6) is 1.63. The van der Waals surface area contributed by atoms with Gasteiger partial charge in [0.05, 0.1) is 18.8 Å². The molecule has 0 radical (unpaired) electrons. The second kappa shape index (κ2) is 4.44. The lowest BCUT2D eigenvalue weighted by Gasteiger charge is -2.60. The van der Waals surface area contributed by atoms with E-state index in [4.69, 9.17) is 0 Å². The molecule has 3 nitrogen and oxygen atoms in total. The molecule has 110 valence electrons. The molecular formula is C16H28O3. The highest BCUT2D eigenvalue weighted by molar-refractivity contribution is 5.09. The van der Waals surface area contributed by atoms with Gasteiger partial charge < -0.3 is 15.3 Å². The van der Waals surface area contributed by atoms with Crippen LogP contribution in [0.15, 0.2) is 0 Å². The maximum absolute atomic E-state index is 10.4. The van der Waals surface area contributed by atoms with Crippen LogP contribution in [0.25, 0.3) is 0 Å². The molecule has 0 aliphatic heterocycles. The Morgan fingerprint density at radius 2 is 1.79 bits per heavy atom. The van der Waals surface area contributed by atoms with Gasteiger partial charge in [-0.3, -0.25) is 0 Å². The van der Waals surface area contributed by atoms with Gasteiger partial charge in [0, 0.05) is 5.41 Å². The summed E-state index contributed by atoms with van der Waals surface area (Å²) in [6.07, 6.45) is 5.48. The van der Waals surface area contributed by atoms with Crippen molar-refractivity contribution in [1.82, 2.24) is 0 Å². The van der Waals surface area contributed by atoms with Crippen LogP contribution in [0.2, 0.25) is 0 Å². The minimum absolute atomic E-state index is 0.0777. The molecular weight excluding hydrogens is 240 g/mol. The number of hydrogen-bond acceptors (Lipinski definition) is 3. The topological polar surface area (TPSA) is 60.7 Å². The SMILES string of the molecule is C[C@]12CCC(O)[C@@](C)(CO)[C@@H]1CCC1C[C@H](O)C[C@@H]12. The first-order valence-electron chi connectivity index (χ1n) is 7.89. The molecule has 0 aromatic carbocycles. The third-order valence-corrected chi connectivity index (χ3v) is 6.99. The van der Waals surface area contributed by atoms with E-state index >= 15 is 0 Å². The lowest BCUT2D eigenvalue weighted by Crippen LogP contribution is -2.57. The molecule has 0 spiro atoms. The normalized spacial score (nSPS) is 57.6. The predicted molar refractivity (Wildman–Crippen MR) is 73.5 cm³/mol. The summed E-state index contributed by atoms with van der Waals surface area (Å²) in [5, 5.41) is 30.2. The fourth-order valence-electron chi connectivity index (χ4n) is 5.86. The van der Waals surface area contributed by atoms with Gasteiger partial charge in [-0.05, 0) is 61.7 Å². The Labute approximate surface area is 116 Å². The van der Waals surface area contributed by atoms with Crippen LogP contribution in [-0.4, -0.2) is 34.1 Å². The van der Waals surface area contributed by atoms with Gasteiger partial charge in [-0.25, -0.2) is 0 Å². The van der Waals surface area contributed by atoms with E-state index in [0.29, 0.717) is 17.8 Å². The number of fused-ring (bicyclic) bond motifs is 3. The second-order valence-corrected chi connectivity index (χ2v) is 7.85. The molecule has 3 N–H and O–H groups in total. The van der Waals surface area contributed by atoms with Crippen molar-refractivity contribution in [3.05, 3.63) is 0 Å². The van der Waals surface area contributed by atoms with E-state index in [1.165, 1.54) is 0 Å². The average molecular weight is 268 g/mol. The summed E-state index contributed by atoms with van der Waals surface area (Å²) < 4.78 is 0. The second-order valence-electron chi connectivity index (χ2n) is 7.85. The molecule has 3 saturated carbocycles. The van der Waals surface area contributed by atoms with Gasteiger partial charge in [0.1, 0.15) is 0 Å². The first-order chi connectivity index (χ1) is 8.91. The van der Waals surface area contributed by atoms with Crippen LogP contribution < -0.4 is 0 Å². The highest BCUT2D eigenvalue weighted by atomic mass is 16.3. The number of aliphatic hydroxyl groups excluding tert-OH is 3. The number of aliphatic hydroxyl groups is 3. The Morgan fingerprint density at radius 1 is 1.05 bits per heavy atom. The summed E-state index contributed by atoms with van der Waals surface area (Å²) in [6, 6.07) is 0. The predicted octanol–water partition coefficient (Wildman–Crippen LogP) is 1.94. The molecule has 0 aromatic rings. The van der Waals surface area contributed by atoms with E-state index in [-0.39, 0.29) is 29.6 Å². The molecule has 3 aliphatic carbocycles. The van der Waals surface area contributed by atoms with Gasteiger partial charge in [0.2, 0.25) is 0 Å². The van der Waals surface area contributed by atoms with Gasteiger partial charge in [-0.2, -0.15) is 0 Å². The summed E-state index contributed by atoms with van der Waals surface area (Å²) in [7, 11) is 0. The molecule has 0 saturated heterocycles. The van der Waals surface area contributed by atoms with Crippen LogP contribution in [0, 0.1) is 28.6 Å². The van der Waals surface area contributed by atoms with Gasteiger partial charge in [0.15, 0.2) is 0 Å². The van der Waals surface area contributed by atoms with E-state index < -0.39 is 0 Å². The van der Waals surface area contributed by atoms with E-state index in [1.807, 2.05) is 0 Å². The molecule has 0 heterocycles. The molecule has 3 fully saturated rings. The largest absolute Gasteiger partial charge is 0.396 e. The fraction of sp³-hybridized carbons (Fsp3) is 1.00. The van der Waals surface area contributed by atoms with Crippen molar-refractivity contribution in [2.75, 3.05) is 6.61 Å². The van der Waals surface area contributed by atoms with Crippen molar-refractivity contribution in [2.24, 2.45) is 28.6 Å². The van der Waals surface area contributed by atoms with Crippen molar-refractivity contribution in [3.63, 3.8) is 0 Å². The smallest absolute Gasteiger partial charge is 0.0618 e. The zero-order valence-electron chi connectivity index (χ0n) is 12.2. The molecule has 3 rings (SSSR count). The highest BCUT2D eigenvalue weighted by Crippen LogP contribution is 2.64. The minimum atomic E-state index is -0.376. The maximum atomic E-state index is 10.4. The molecule has 0 bridgehead atoms. The van der Waals surface area contributed by atoms with Crippen LogP contribution in [0.1, 0.15) is 52.4 Å². The van der Waals surface area contributed by atoms with Crippen LogP contribution >= 0.6 is 0 Å². The Bertz CT molecular complexity index is 358. The lowest BCUT2D eigenvalue weighted by atomic mass is 9.46. The third kappa shape index (κ3) is 1.81. The number of rotatable bonds is 1. The summed E-state index contributed by atoms with van der Waals surface area (Å²) in [5.41, 5.74) is -0.164. The molecule has 0 aromatic heterocycles. The molecule has 3 aliphatic rings. The Kier molecular flexibility index (Phi) is 3.23. The first-order valence-corrected chi connectivity index (χ1v) is 7.89. The van der Waals surface area contributed by atoms with E-state index in [2.05, 4.69) is 13.8 Å². The summed E-state index contributed by atoms with van der Waals surface area (Å²) >= 11 is 0. The molecule has 19 heavy (non-hydrogen) atoms. The Morgan fingerprint density at radius 3 is 2.47 bits per heavy atom. The standard InChI is InChI=1S/C16H28O3/c1-15-6-5-14(19)16(2,9-17)13(15)4-3-10-7-11(18)8-12(10)15/h10-14,17-19H,3-9H2,1-2H3/t10?,11-,12-,13+,14?,15+,16-/m0/s1. The minimum Gasteiger partial charge on any atom is -0.396 e. The molecule has 3 heteroatoms. The van der Waals surface area contributed by atoms with Crippen LogP contribution in [-0.2, 0) is 0 Å². The monoisotopic (exact) mass is 268 g/mol. The van der Waals surface area contributed by atoms with Crippen molar-refractivity contribution in [1.29, 1.82) is 0 Å². The van der Waals surface area contributed by atoms with Gasteiger partial charge >= 0.3 is 0 Å². The number of hydrogen-bond donors (Lipinski definition) is 3.